The predicted molar refractivity (Wildman–Crippen MR) is 94.0 cm³/mol. The van der Waals surface area contributed by atoms with Gasteiger partial charge in [-0.2, -0.15) is 0 Å². The van der Waals surface area contributed by atoms with Gasteiger partial charge in [0.1, 0.15) is 5.76 Å². The second-order valence-corrected chi connectivity index (χ2v) is 6.81. The second-order valence-electron chi connectivity index (χ2n) is 6.81. The van der Waals surface area contributed by atoms with E-state index in [0.29, 0.717) is 25.4 Å². The summed E-state index contributed by atoms with van der Waals surface area (Å²) < 4.78 is 11.3. The number of hydrogen-bond acceptors (Lipinski definition) is 4. The topological polar surface area (TPSA) is 45.9 Å². The molecule has 0 spiro atoms. The number of fused-ring (bicyclic) bond motifs is 1. The third-order valence-electron chi connectivity index (χ3n) is 5.16. The molecule has 1 aromatic carbocycles. The molecule has 0 N–H and O–H groups in total. The van der Waals surface area contributed by atoms with Gasteiger partial charge in [-0.15, -0.1) is 0 Å². The number of hydrogen-bond donors (Lipinski definition) is 0. The maximum atomic E-state index is 12.6. The molecule has 2 aliphatic heterocycles. The fourth-order valence-electron chi connectivity index (χ4n) is 3.82. The molecule has 4 rings (SSSR count). The highest BCUT2D eigenvalue weighted by atomic mass is 16.5. The number of furan rings is 1. The van der Waals surface area contributed by atoms with Crippen molar-refractivity contribution in [2.75, 3.05) is 26.2 Å². The van der Waals surface area contributed by atoms with Gasteiger partial charge in [0.2, 0.25) is 5.91 Å². The number of rotatable bonds is 5. The van der Waals surface area contributed by atoms with Gasteiger partial charge < -0.3 is 14.1 Å². The van der Waals surface area contributed by atoms with Gasteiger partial charge in [-0.1, -0.05) is 30.3 Å². The molecule has 0 aliphatic carbocycles. The molecule has 0 bridgehead atoms. The Labute approximate surface area is 148 Å². The van der Waals surface area contributed by atoms with E-state index in [1.54, 1.807) is 6.26 Å². The minimum Gasteiger partial charge on any atom is -0.469 e. The lowest BCUT2D eigenvalue weighted by Gasteiger charge is -2.36. The van der Waals surface area contributed by atoms with E-state index in [1.165, 1.54) is 5.56 Å². The first-order valence-electron chi connectivity index (χ1n) is 8.99. The van der Waals surface area contributed by atoms with Crippen molar-refractivity contribution in [3.05, 3.63) is 60.1 Å². The van der Waals surface area contributed by atoms with E-state index in [0.717, 1.165) is 32.0 Å². The molecule has 3 heterocycles. The van der Waals surface area contributed by atoms with E-state index < -0.39 is 0 Å². The van der Waals surface area contributed by atoms with Crippen LogP contribution in [-0.4, -0.2) is 54.1 Å². The summed E-state index contributed by atoms with van der Waals surface area (Å²) in [6.07, 6.45) is 2.93. The third kappa shape index (κ3) is 3.78. The Balaban J connectivity index is 1.36. The van der Waals surface area contributed by atoms with Crippen LogP contribution in [0.2, 0.25) is 0 Å². The summed E-state index contributed by atoms with van der Waals surface area (Å²) in [6.45, 7) is 4.04. The standard InChI is InChI=1S/C20H24N2O3/c23-20(9-8-17-7-4-11-24-17)22-14-18-19(15-22)25-12-10-21(18)13-16-5-2-1-3-6-16/h1-7,11,18-19H,8-10,12-15H2/t18-,19+/m0/s1. The first-order chi connectivity index (χ1) is 12.3. The van der Waals surface area contributed by atoms with Crippen LogP contribution in [-0.2, 0) is 22.5 Å². The molecule has 0 unspecified atom stereocenters. The minimum absolute atomic E-state index is 0.130. The monoisotopic (exact) mass is 340 g/mol. The summed E-state index contributed by atoms with van der Waals surface area (Å²) in [4.78, 5) is 17.0. The quantitative estimate of drug-likeness (QED) is 0.838. The lowest BCUT2D eigenvalue weighted by Crippen LogP contribution is -2.50. The van der Waals surface area contributed by atoms with E-state index in [9.17, 15) is 4.79 Å². The molecule has 1 amide bonds. The Morgan fingerprint density at radius 3 is 2.80 bits per heavy atom. The number of nitrogens with zero attached hydrogens (tertiary/aromatic N) is 2. The molecule has 2 saturated heterocycles. The molecule has 2 atom stereocenters. The van der Waals surface area contributed by atoms with E-state index >= 15 is 0 Å². The van der Waals surface area contributed by atoms with Crippen molar-refractivity contribution in [2.45, 2.75) is 31.5 Å². The molecule has 132 valence electrons. The fraction of sp³-hybridized carbons (Fsp3) is 0.450. The average molecular weight is 340 g/mol. The van der Waals surface area contributed by atoms with Gasteiger partial charge in [0.05, 0.1) is 25.0 Å². The molecule has 0 radical (unpaired) electrons. The number of carbonyl (C=O) groups is 1. The molecular formula is C20H24N2O3. The molecule has 2 aromatic rings. The molecule has 25 heavy (non-hydrogen) atoms. The van der Waals surface area contributed by atoms with Gasteiger partial charge in [0, 0.05) is 39.0 Å². The van der Waals surface area contributed by atoms with Crippen LogP contribution in [0.1, 0.15) is 17.7 Å². The molecule has 2 aliphatic rings. The highest BCUT2D eigenvalue weighted by Gasteiger charge is 2.41. The van der Waals surface area contributed by atoms with E-state index in [4.69, 9.17) is 9.15 Å². The van der Waals surface area contributed by atoms with Gasteiger partial charge >= 0.3 is 0 Å². The summed E-state index contributed by atoms with van der Waals surface area (Å²) in [7, 11) is 0. The Bertz CT molecular complexity index is 686. The Morgan fingerprint density at radius 1 is 1.12 bits per heavy atom. The van der Waals surface area contributed by atoms with Crippen molar-refractivity contribution in [1.82, 2.24) is 9.80 Å². The molecule has 2 fully saturated rings. The number of ether oxygens (including phenoxy) is 1. The maximum absolute atomic E-state index is 12.6. The van der Waals surface area contributed by atoms with Gasteiger partial charge in [-0.3, -0.25) is 9.69 Å². The maximum Gasteiger partial charge on any atom is 0.223 e. The van der Waals surface area contributed by atoms with Gasteiger partial charge in [0.25, 0.3) is 0 Å². The summed E-state index contributed by atoms with van der Waals surface area (Å²) in [5.74, 6) is 1.06. The predicted octanol–water partition coefficient (Wildman–Crippen LogP) is 2.32. The average Bonchev–Trinajstić information content (AvgIpc) is 3.30. The van der Waals surface area contributed by atoms with Crippen LogP contribution in [0.4, 0.5) is 0 Å². The van der Waals surface area contributed by atoms with E-state index in [1.807, 2.05) is 23.1 Å². The number of aryl methyl sites for hydroxylation is 1. The molecular weight excluding hydrogens is 316 g/mol. The van der Waals surface area contributed by atoms with Crippen LogP contribution in [0.5, 0.6) is 0 Å². The van der Waals surface area contributed by atoms with Crippen LogP contribution in [0, 0.1) is 0 Å². The Hall–Kier alpha value is -2.11. The zero-order valence-electron chi connectivity index (χ0n) is 14.3. The van der Waals surface area contributed by atoms with Crippen LogP contribution in [0.25, 0.3) is 0 Å². The lowest BCUT2D eigenvalue weighted by atomic mass is 10.1. The molecule has 5 heteroatoms. The van der Waals surface area contributed by atoms with Crippen LogP contribution in [0.15, 0.2) is 53.1 Å². The van der Waals surface area contributed by atoms with Gasteiger partial charge in [-0.05, 0) is 17.7 Å². The van der Waals surface area contributed by atoms with E-state index in [2.05, 4.69) is 29.2 Å². The largest absolute Gasteiger partial charge is 0.469 e. The van der Waals surface area contributed by atoms with Gasteiger partial charge in [0.15, 0.2) is 0 Å². The minimum atomic E-state index is 0.130. The SMILES string of the molecule is O=C(CCc1ccco1)N1C[C@H]2OCCN(Cc3ccccc3)[C@H]2C1. The Morgan fingerprint density at radius 2 is 2.00 bits per heavy atom. The van der Waals surface area contributed by atoms with Crippen molar-refractivity contribution in [3.8, 4) is 0 Å². The van der Waals surface area contributed by atoms with Crippen molar-refractivity contribution in [1.29, 1.82) is 0 Å². The first kappa shape index (κ1) is 16.4. The summed E-state index contributed by atoms with van der Waals surface area (Å²) in [6, 6.07) is 14.6. The molecule has 1 aromatic heterocycles. The molecule has 0 saturated carbocycles. The zero-order valence-corrected chi connectivity index (χ0v) is 14.3. The van der Waals surface area contributed by atoms with Crippen molar-refractivity contribution in [3.63, 3.8) is 0 Å². The van der Waals surface area contributed by atoms with E-state index in [-0.39, 0.29) is 12.0 Å². The van der Waals surface area contributed by atoms with Gasteiger partial charge in [-0.25, -0.2) is 0 Å². The van der Waals surface area contributed by atoms with Crippen molar-refractivity contribution in [2.24, 2.45) is 0 Å². The number of benzene rings is 1. The van der Waals surface area contributed by atoms with Crippen molar-refractivity contribution < 1.29 is 13.9 Å². The summed E-state index contributed by atoms with van der Waals surface area (Å²) in [5.41, 5.74) is 1.31. The highest BCUT2D eigenvalue weighted by molar-refractivity contribution is 5.76. The number of amides is 1. The molecule has 5 nitrogen and oxygen atoms in total. The highest BCUT2D eigenvalue weighted by Crippen LogP contribution is 2.25. The smallest absolute Gasteiger partial charge is 0.223 e. The fourth-order valence-corrected chi connectivity index (χ4v) is 3.82. The van der Waals surface area contributed by atoms with Crippen LogP contribution < -0.4 is 0 Å². The Kier molecular flexibility index (Phi) is 4.85. The third-order valence-corrected chi connectivity index (χ3v) is 5.16. The second kappa shape index (κ2) is 7.42. The zero-order chi connectivity index (χ0) is 17.1. The van der Waals surface area contributed by atoms with Crippen LogP contribution >= 0.6 is 0 Å². The first-order valence-corrected chi connectivity index (χ1v) is 8.99. The van der Waals surface area contributed by atoms with Crippen molar-refractivity contribution >= 4 is 5.91 Å². The van der Waals surface area contributed by atoms with Crippen LogP contribution in [0.3, 0.4) is 0 Å². The number of carbonyl (C=O) groups excluding carboxylic acids is 1. The summed E-state index contributed by atoms with van der Waals surface area (Å²) >= 11 is 0. The number of likely N-dealkylation sites (tertiary alicyclic amines) is 1. The summed E-state index contributed by atoms with van der Waals surface area (Å²) in [5, 5.41) is 0. The normalized spacial score (nSPS) is 23.6. The number of morpholine rings is 1. The lowest BCUT2D eigenvalue weighted by molar-refractivity contribution is -0.130.